The van der Waals surface area contributed by atoms with E-state index in [0.717, 1.165) is 0 Å². The van der Waals surface area contributed by atoms with Crippen LogP contribution in [0.1, 0.15) is 37.7 Å². The van der Waals surface area contributed by atoms with Gasteiger partial charge in [0.05, 0.1) is 31.4 Å². The second-order valence-corrected chi connectivity index (χ2v) is 10.7. The van der Waals surface area contributed by atoms with Crippen LogP contribution in [0.15, 0.2) is 52.5 Å². The number of carbonyl (C=O) groups is 1. The predicted octanol–water partition coefficient (Wildman–Crippen LogP) is 2.96. The number of hydroxylamine groups is 1. The number of methoxy groups -OCH3 is 2. The van der Waals surface area contributed by atoms with Crippen LogP contribution >= 0.6 is 0 Å². The van der Waals surface area contributed by atoms with Gasteiger partial charge in [0.2, 0.25) is 0 Å². The summed E-state index contributed by atoms with van der Waals surface area (Å²) in [6, 6.07) is 11.1. The molecule has 0 aromatic heterocycles. The zero-order valence-corrected chi connectivity index (χ0v) is 21.6. The molecule has 37 heavy (non-hydrogen) atoms. The van der Waals surface area contributed by atoms with E-state index in [4.69, 9.17) is 24.2 Å². The molecule has 1 saturated heterocycles. The number of carbonyl (C=O) groups excluding carboxylic acids is 1. The van der Waals surface area contributed by atoms with Gasteiger partial charge in [-0.3, -0.25) is 10.0 Å². The summed E-state index contributed by atoms with van der Waals surface area (Å²) >= 11 is 0. The molecule has 1 fully saturated rings. The predicted molar refractivity (Wildman–Crippen MR) is 134 cm³/mol. The van der Waals surface area contributed by atoms with Crippen LogP contribution in [0.25, 0.3) is 0 Å². The number of amides is 1. The van der Waals surface area contributed by atoms with E-state index in [1.54, 1.807) is 25.3 Å². The molecule has 0 saturated carbocycles. The second-order valence-electron chi connectivity index (χ2n) is 8.44. The summed E-state index contributed by atoms with van der Waals surface area (Å²) in [7, 11) is -1.01. The van der Waals surface area contributed by atoms with E-state index in [1.807, 2.05) is 0 Å². The molecular weight excluding hydrogens is 504 g/mol. The zero-order chi connectivity index (χ0) is 26.9. The summed E-state index contributed by atoms with van der Waals surface area (Å²) < 4.78 is 46.3. The first kappa shape index (κ1) is 28.2. The molecule has 12 heteroatoms. The first-order valence-electron chi connectivity index (χ1n) is 11.8. The molecule has 0 atom stereocenters. The third kappa shape index (κ3) is 6.14. The van der Waals surface area contributed by atoms with Crippen LogP contribution < -0.4 is 19.7 Å². The third-order valence-electron chi connectivity index (χ3n) is 6.38. The maximum Gasteiger partial charge on any atom is 0.265 e. The Hall–Kier alpha value is -3.35. The minimum Gasteiger partial charge on any atom is -0.497 e. The SMILES string of the molecule is COc1ccc(/C(CCCCOc2ccc(S(=O)(=O)C3(C(=O)NO)CCOCC3)cc2)=N\O)c(OC)c1. The summed E-state index contributed by atoms with van der Waals surface area (Å²) in [5.74, 6) is 0.677. The van der Waals surface area contributed by atoms with Crippen molar-refractivity contribution in [3.63, 3.8) is 0 Å². The molecule has 1 aliphatic heterocycles. The normalized spacial score (nSPS) is 15.6. The number of nitrogens with zero attached hydrogens (tertiary/aromatic N) is 1. The summed E-state index contributed by atoms with van der Waals surface area (Å²) in [6.07, 6.45) is 1.70. The maximum absolute atomic E-state index is 13.3. The fourth-order valence-electron chi connectivity index (χ4n) is 4.22. The Labute approximate surface area is 215 Å². The van der Waals surface area contributed by atoms with Gasteiger partial charge in [-0.15, -0.1) is 0 Å². The van der Waals surface area contributed by atoms with Crippen LogP contribution in [0, 0.1) is 0 Å². The molecule has 1 amide bonds. The van der Waals surface area contributed by atoms with Crippen molar-refractivity contribution in [1.29, 1.82) is 0 Å². The molecule has 11 nitrogen and oxygen atoms in total. The van der Waals surface area contributed by atoms with E-state index >= 15 is 0 Å². The van der Waals surface area contributed by atoms with Gasteiger partial charge in [0.1, 0.15) is 17.2 Å². The van der Waals surface area contributed by atoms with Crippen molar-refractivity contribution in [2.75, 3.05) is 34.0 Å². The fraction of sp³-hybridized carbons (Fsp3) is 0.440. The summed E-state index contributed by atoms with van der Waals surface area (Å²) in [4.78, 5) is 12.3. The lowest BCUT2D eigenvalue weighted by Gasteiger charge is -2.34. The number of nitrogens with one attached hydrogen (secondary N) is 1. The van der Waals surface area contributed by atoms with Crippen molar-refractivity contribution in [3.05, 3.63) is 48.0 Å². The lowest BCUT2D eigenvalue weighted by atomic mass is 9.98. The molecule has 0 aliphatic carbocycles. The Kier molecular flexibility index (Phi) is 9.73. The van der Waals surface area contributed by atoms with Crippen molar-refractivity contribution in [2.24, 2.45) is 5.16 Å². The molecule has 2 aromatic rings. The highest BCUT2D eigenvalue weighted by molar-refractivity contribution is 7.93. The smallest absolute Gasteiger partial charge is 0.265 e. The number of hydrogen-bond donors (Lipinski definition) is 3. The van der Waals surface area contributed by atoms with Crippen molar-refractivity contribution in [2.45, 2.75) is 41.7 Å². The minimum atomic E-state index is -4.09. The van der Waals surface area contributed by atoms with E-state index in [0.29, 0.717) is 54.4 Å². The van der Waals surface area contributed by atoms with Gasteiger partial charge in [-0.05, 0) is 68.5 Å². The Morgan fingerprint density at radius 1 is 1.05 bits per heavy atom. The number of sulfone groups is 1. The molecule has 3 N–H and O–H groups in total. The zero-order valence-electron chi connectivity index (χ0n) is 20.8. The molecule has 0 bridgehead atoms. The lowest BCUT2D eigenvalue weighted by molar-refractivity contribution is -0.134. The van der Waals surface area contributed by atoms with Crippen molar-refractivity contribution >= 4 is 21.5 Å². The van der Waals surface area contributed by atoms with Crippen LogP contribution in [0.5, 0.6) is 17.2 Å². The standard InChI is InChI=1S/C25H32N2O9S/c1-33-19-8-11-21(23(17-19)34-2)22(26-29)5-3-4-14-36-18-6-9-20(10-7-18)37(31,32)25(24(28)27-30)12-15-35-16-13-25/h6-11,17,29-30H,3-5,12-16H2,1-2H3,(H,27,28)/b26-22-. The minimum absolute atomic E-state index is 0.0393. The monoisotopic (exact) mass is 536 g/mol. The average Bonchev–Trinajstić information content (AvgIpc) is 2.94. The summed E-state index contributed by atoms with van der Waals surface area (Å²) in [6.45, 7) is 0.558. The van der Waals surface area contributed by atoms with E-state index in [1.165, 1.54) is 36.9 Å². The molecule has 0 spiro atoms. The summed E-state index contributed by atoms with van der Waals surface area (Å²) in [5, 5.41) is 22.1. The van der Waals surface area contributed by atoms with Crippen molar-refractivity contribution < 1.29 is 42.6 Å². The van der Waals surface area contributed by atoms with Crippen LogP contribution in [-0.2, 0) is 19.4 Å². The number of rotatable bonds is 12. The Morgan fingerprint density at radius 3 is 2.32 bits per heavy atom. The highest BCUT2D eigenvalue weighted by Gasteiger charge is 2.52. The van der Waals surface area contributed by atoms with Crippen LogP contribution in [0.3, 0.4) is 0 Å². The highest BCUT2D eigenvalue weighted by atomic mass is 32.2. The van der Waals surface area contributed by atoms with Crippen molar-refractivity contribution in [3.8, 4) is 17.2 Å². The van der Waals surface area contributed by atoms with Gasteiger partial charge in [-0.1, -0.05) is 5.16 Å². The van der Waals surface area contributed by atoms with Gasteiger partial charge in [0.15, 0.2) is 14.6 Å². The second kappa shape index (κ2) is 12.7. The van der Waals surface area contributed by atoms with Crippen LogP contribution in [0.4, 0.5) is 0 Å². The van der Waals surface area contributed by atoms with Gasteiger partial charge >= 0.3 is 0 Å². The first-order chi connectivity index (χ1) is 17.8. The topological polar surface area (TPSA) is 153 Å². The van der Waals surface area contributed by atoms with E-state index in [-0.39, 0.29) is 31.0 Å². The van der Waals surface area contributed by atoms with Crippen LogP contribution in [0.2, 0.25) is 0 Å². The average molecular weight is 537 g/mol. The third-order valence-corrected chi connectivity index (χ3v) is 8.90. The number of benzene rings is 2. The molecule has 0 unspecified atom stereocenters. The van der Waals surface area contributed by atoms with Gasteiger partial charge in [0.25, 0.3) is 5.91 Å². The van der Waals surface area contributed by atoms with Crippen LogP contribution in [-0.4, -0.2) is 69.2 Å². The van der Waals surface area contributed by atoms with E-state index in [9.17, 15) is 18.4 Å². The highest BCUT2D eigenvalue weighted by Crippen LogP contribution is 2.36. The quantitative estimate of drug-likeness (QED) is 0.122. The van der Waals surface area contributed by atoms with Gasteiger partial charge in [-0.2, -0.15) is 0 Å². The van der Waals surface area contributed by atoms with E-state index < -0.39 is 20.5 Å². The molecule has 202 valence electrons. The lowest BCUT2D eigenvalue weighted by Crippen LogP contribution is -2.54. The number of unbranched alkanes of at least 4 members (excludes halogenated alkanes) is 1. The molecule has 0 radical (unpaired) electrons. The van der Waals surface area contributed by atoms with Gasteiger partial charge < -0.3 is 24.2 Å². The Bertz CT molecular complexity index is 1190. The molecule has 2 aromatic carbocycles. The van der Waals surface area contributed by atoms with Crippen molar-refractivity contribution in [1.82, 2.24) is 5.48 Å². The Balaban J connectivity index is 1.56. The van der Waals surface area contributed by atoms with Gasteiger partial charge in [-0.25, -0.2) is 13.9 Å². The van der Waals surface area contributed by atoms with Gasteiger partial charge in [0, 0.05) is 24.8 Å². The first-order valence-corrected chi connectivity index (χ1v) is 13.2. The molecule has 1 aliphatic rings. The molecular formula is C25H32N2O9S. The fourth-order valence-corrected chi connectivity index (χ4v) is 6.16. The van der Waals surface area contributed by atoms with E-state index in [2.05, 4.69) is 5.16 Å². The summed E-state index contributed by atoms with van der Waals surface area (Å²) in [5.41, 5.74) is 2.64. The number of ether oxygens (including phenoxy) is 4. The maximum atomic E-state index is 13.3. The number of hydrogen-bond acceptors (Lipinski definition) is 10. The Morgan fingerprint density at radius 2 is 1.73 bits per heavy atom. The molecule has 3 rings (SSSR count). The largest absolute Gasteiger partial charge is 0.497 e. The molecule has 1 heterocycles. The number of oxime groups is 1.